The predicted octanol–water partition coefficient (Wildman–Crippen LogP) is 4.26. The van der Waals surface area contributed by atoms with Gasteiger partial charge >= 0.3 is 0 Å². The molecule has 1 aliphatic heterocycles. The smallest absolute Gasteiger partial charge is 0.119 e. The second-order valence-corrected chi connectivity index (χ2v) is 5.62. The zero-order chi connectivity index (χ0) is 12.8. The maximum Gasteiger partial charge on any atom is 0.119 e. The van der Waals surface area contributed by atoms with Crippen LogP contribution in [0.3, 0.4) is 0 Å². The number of halogens is 2. The normalized spacial score (nSPS) is 16.9. The maximum atomic E-state index is 5.82. The first-order valence-electron chi connectivity index (χ1n) is 6.85. The van der Waals surface area contributed by atoms with Crippen molar-refractivity contribution in [2.75, 3.05) is 26.2 Å². The third-order valence-electron chi connectivity index (χ3n) is 3.58. The third-order valence-corrected chi connectivity index (χ3v) is 3.83. The molecular weight excluding hydrogens is 281 g/mol. The highest BCUT2D eigenvalue weighted by Crippen LogP contribution is 2.17. The summed E-state index contributed by atoms with van der Waals surface area (Å²) in [5.41, 5.74) is 0. The highest BCUT2D eigenvalue weighted by atomic mass is 35.5. The van der Waals surface area contributed by atoms with E-state index in [0.29, 0.717) is 0 Å². The van der Waals surface area contributed by atoms with E-state index in [0.717, 1.165) is 36.3 Å². The summed E-state index contributed by atoms with van der Waals surface area (Å²) >= 11 is 5.82. The van der Waals surface area contributed by atoms with Crippen LogP contribution in [0.1, 0.15) is 26.2 Å². The lowest BCUT2D eigenvalue weighted by molar-refractivity contribution is 0.177. The van der Waals surface area contributed by atoms with E-state index in [9.17, 15) is 0 Å². The molecule has 0 aromatic heterocycles. The fourth-order valence-corrected chi connectivity index (χ4v) is 2.42. The molecule has 0 amide bonds. The molecule has 0 bridgehead atoms. The third kappa shape index (κ3) is 6.03. The highest BCUT2D eigenvalue weighted by molar-refractivity contribution is 6.30. The fraction of sp³-hybridized carbons (Fsp3) is 0.600. The van der Waals surface area contributed by atoms with Gasteiger partial charge in [0.2, 0.25) is 0 Å². The van der Waals surface area contributed by atoms with Crippen LogP contribution in [-0.4, -0.2) is 31.1 Å². The molecule has 2 rings (SSSR count). The molecule has 1 heterocycles. The summed E-state index contributed by atoms with van der Waals surface area (Å²) in [5.74, 6) is 1.82. The van der Waals surface area contributed by atoms with Gasteiger partial charge in [0.25, 0.3) is 0 Å². The Bertz CT molecular complexity index is 348. The van der Waals surface area contributed by atoms with E-state index < -0.39 is 0 Å². The molecule has 2 nitrogen and oxygen atoms in total. The summed E-state index contributed by atoms with van der Waals surface area (Å²) in [6, 6.07) is 7.57. The Labute approximate surface area is 127 Å². The molecule has 1 aliphatic rings. The number of ether oxygens (including phenoxy) is 1. The first-order valence-corrected chi connectivity index (χ1v) is 7.22. The SMILES string of the molecule is CC1CCN(CCCOc2ccc(Cl)cc2)CC1.Cl. The zero-order valence-electron chi connectivity index (χ0n) is 11.5. The van der Waals surface area contributed by atoms with Gasteiger partial charge in [-0.3, -0.25) is 0 Å². The first kappa shape index (κ1) is 16.6. The van der Waals surface area contributed by atoms with Crippen molar-refractivity contribution in [1.29, 1.82) is 0 Å². The summed E-state index contributed by atoms with van der Waals surface area (Å²) in [7, 11) is 0. The molecule has 1 aromatic rings. The number of rotatable bonds is 5. The van der Waals surface area contributed by atoms with Gasteiger partial charge in [-0.15, -0.1) is 12.4 Å². The molecule has 108 valence electrons. The molecule has 4 heteroatoms. The van der Waals surface area contributed by atoms with Crippen LogP contribution in [0.25, 0.3) is 0 Å². The Hall–Kier alpha value is -0.440. The molecule has 0 radical (unpaired) electrons. The van der Waals surface area contributed by atoms with Crippen molar-refractivity contribution in [3.63, 3.8) is 0 Å². The lowest BCUT2D eigenvalue weighted by Gasteiger charge is -2.30. The molecule has 0 unspecified atom stereocenters. The standard InChI is InChI=1S/C15H22ClNO.ClH/c1-13-7-10-17(11-8-13)9-2-12-18-15-5-3-14(16)4-6-15;/h3-6,13H,2,7-12H2,1H3;1H. The van der Waals surface area contributed by atoms with Crippen molar-refractivity contribution >= 4 is 24.0 Å². The molecule has 19 heavy (non-hydrogen) atoms. The number of benzene rings is 1. The van der Waals surface area contributed by atoms with Gasteiger partial charge in [-0.25, -0.2) is 0 Å². The van der Waals surface area contributed by atoms with Gasteiger partial charge in [-0.1, -0.05) is 18.5 Å². The van der Waals surface area contributed by atoms with Crippen LogP contribution in [-0.2, 0) is 0 Å². The lowest BCUT2D eigenvalue weighted by Crippen LogP contribution is -2.34. The van der Waals surface area contributed by atoms with Gasteiger partial charge in [0.05, 0.1) is 6.61 Å². The van der Waals surface area contributed by atoms with E-state index in [4.69, 9.17) is 16.3 Å². The Morgan fingerprint density at radius 1 is 1.21 bits per heavy atom. The van der Waals surface area contributed by atoms with Crippen molar-refractivity contribution in [3.05, 3.63) is 29.3 Å². The predicted molar refractivity (Wildman–Crippen MR) is 83.7 cm³/mol. The second-order valence-electron chi connectivity index (χ2n) is 5.18. The molecule has 0 N–H and O–H groups in total. The van der Waals surface area contributed by atoms with Crippen molar-refractivity contribution in [3.8, 4) is 5.75 Å². The van der Waals surface area contributed by atoms with E-state index in [1.807, 2.05) is 24.3 Å². The minimum atomic E-state index is 0. The summed E-state index contributed by atoms with van der Waals surface area (Å²) in [5, 5.41) is 0.754. The first-order chi connectivity index (χ1) is 8.74. The van der Waals surface area contributed by atoms with Gasteiger partial charge in [0.15, 0.2) is 0 Å². The molecule has 1 aromatic carbocycles. The van der Waals surface area contributed by atoms with Gasteiger partial charge in [0.1, 0.15) is 5.75 Å². The number of hydrogen-bond acceptors (Lipinski definition) is 2. The average Bonchev–Trinajstić information content (AvgIpc) is 2.39. The van der Waals surface area contributed by atoms with Crippen LogP contribution in [0, 0.1) is 5.92 Å². The van der Waals surface area contributed by atoms with Gasteiger partial charge < -0.3 is 9.64 Å². The number of nitrogens with zero attached hydrogens (tertiary/aromatic N) is 1. The van der Waals surface area contributed by atoms with Crippen molar-refractivity contribution in [1.82, 2.24) is 4.90 Å². The highest BCUT2D eigenvalue weighted by Gasteiger charge is 2.14. The molecule has 0 atom stereocenters. The molecule has 0 spiro atoms. The number of hydrogen-bond donors (Lipinski definition) is 0. The van der Waals surface area contributed by atoms with E-state index in [1.54, 1.807) is 0 Å². The topological polar surface area (TPSA) is 12.5 Å². The van der Waals surface area contributed by atoms with Crippen LogP contribution in [0.4, 0.5) is 0 Å². The van der Waals surface area contributed by atoms with Crippen LogP contribution in [0.15, 0.2) is 24.3 Å². The Balaban J connectivity index is 0.00000180. The van der Waals surface area contributed by atoms with Gasteiger partial charge in [-0.2, -0.15) is 0 Å². The fourth-order valence-electron chi connectivity index (χ4n) is 2.29. The number of likely N-dealkylation sites (tertiary alicyclic amines) is 1. The van der Waals surface area contributed by atoms with E-state index in [1.165, 1.54) is 25.9 Å². The minimum absolute atomic E-state index is 0. The van der Waals surface area contributed by atoms with E-state index >= 15 is 0 Å². The molecule has 1 fully saturated rings. The van der Waals surface area contributed by atoms with E-state index in [2.05, 4.69) is 11.8 Å². The van der Waals surface area contributed by atoms with Gasteiger partial charge in [-0.05, 0) is 62.5 Å². The Morgan fingerprint density at radius 2 is 1.84 bits per heavy atom. The van der Waals surface area contributed by atoms with Crippen molar-refractivity contribution < 1.29 is 4.74 Å². The molecule has 0 saturated carbocycles. The van der Waals surface area contributed by atoms with Crippen LogP contribution in [0.5, 0.6) is 5.75 Å². The summed E-state index contributed by atoms with van der Waals surface area (Å²) in [4.78, 5) is 2.55. The molecule has 0 aliphatic carbocycles. The van der Waals surface area contributed by atoms with Gasteiger partial charge in [0, 0.05) is 11.6 Å². The van der Waals surface area contributed by atoms with E-state index in [-0.39, 0.29) is 12.4 Å². The summed E-state index contributed by atoms with van der Waals surface area (Å²) in [6.45, 7) is 6.79. The molecular formula is C15H23Cl2NO. The maximum absolute atomic E-state index is 5.82. The second kappa shape index (κ2) is 8.68. The van der Waals surface area contributed by atoms with Crippen molar-refractivity contribution in [2.45, 2.75) is 26.2 Å². The Morgan fingerprint density at radius 3 is 2.47 bits per heavy atom. The minimum Gasteiger partial charge on any atom is -0.494 e. The summed E-state index contributed by atoms with van der Waals surface area (Å²) < 4.78 is 5.69. The lowest BCUT2D eigenvalue weighted by atomic mass is 9.99. The molecule has 1 saturated heterocycles. The van der Waals surface area contributed by atoms with Crippen LogP contribution >= 0.6 is 24.0 Å². The number of piperidine rings is 1. The van der Waals surface area contributed by atoms with Crippen LogP contribution in [0.2, 0.25) is 5.02 Å². The Kier molecular flexibility index (Phi) is 7.59. The monoisotopic (exact) mass is 303 g/mol. The average molecular weight is 304 g/mol. The van der Waals surface area contributed by atoms with Crippen molar-refractivity contribution in [2.24, 2.45) is 5.92 Å². The van der Waals surface area contributed by atoms with Crippen LogP contribution < -0.4 is 4.74 Å². The largest absolute Gasteiger partial charge is 0.494 e. The summed E-state index contributed by atoms with van der Waals surface area (Å²) in [6.07, 6.45) is 3.78. The zero-order valence-corrected chi connectivity index (χ0v) is 13.1. The quantitative estimate of drug-likeness (QED) is 0.754.